The van der Waals surface area contributed by atoms with Crippen LogP contribution in [-0.2, 0) is 10.0 Å². The molecule has 41 heavy (non-hydrogen) atoms. The molecule has 0 fully saturated rings. The number of hydrogen-bond donors (Lipinski definition) is 2. The van der Waals surface area contributed by atoms with Gasteiger partial charge in [-0.05, 0) is 23.3 Å². The van der Waals surface area contributed by atoms with Crippen molar-refractivity contribution < 1.29 is 47.9 Å². The average Bonchev–Trinajstić information content (AvgIpc) is 2.92. The lowest BCUT2D eigenvalue weighted by Gasteiger charge is -2.34. The first kappa shape index (κ1) is 33.8. The number of hydrogen-bond acceptors (Lipinski definition) is 5. The molecule has 3 N–H and O–H groups in total. The van der Waals surface area contributed by atoms with E-state index in [0.29, 0.717) is 0 Å². The van der Waals surface area contributed by atoms with Crippen molar-refractivity contribution in [3.8, 4) is 0 Å². The van der Waals surface area contributed by atoms with Gasteiger partial charge in [0.15, 0.2) is 0 Å². The van der Waals surface area contributed by atoms with Crippen molar-refractivity contribution in [3.05, 3.63) is 96.3 Å². The molecule has 0 unspecified atom stereocenters. The zero-order valence-corrected chi connectivity index (χ0v) is 22.2. The highest BCUT2D eigenvalue weighted by atomic mass is 32.2. The monoisotopic (exact) mass is 616 g/mol. The third kappa shape index (κ3) is 7.29. The molecule has 2 atom stereocenters. The van der Waals surface area contributed by atoms with Gasteiger partial charge in [0.2, 0.25) is 0 Å². The maximum Gasteiger partial charge on any atom is 0.460 e. The van der Waals surface area contributed by atoms with Gasteiger partial charge in [0.1, 0.15) is 0 Å². The summed E-state index contributed by atoms with van der Waals surface area (Å²) in [6, 6.07) is 13.9. The van der Waals surface area contributed by atoms with Crippen molar-refractivity contribution in [1.29, 1.82) is 0 Å². The van der Waals surface area contributed by atoms with Gasteiger partial charge in [-0.2, -0.15) is 39.5 Å². The molecule has 0 saturated carbocycles. The van der Waals surface area contributed by atoms with Gasteiger partial charge >= 0.3 is 23.3 Å². The van der Waals surface area contributed by atoms with E-state index in [1.54, 1.807) is 12.4 Å². The van der Waals surface area contributed by atoms with Gasteiger partial charge in [-0.1, -0.05) is 60.7 Å². The summed E-state index contributed by atoms with van der Waals surface area (Å²) >= 11 is 0. The Kier molecular flexibility index (Phi) is 10.4. The molecule has 3 aromatic rings. The lowest BCUT2D eigenvalue weighted by atomic mass is 9.95. The van der Waals surface area contributed by atoms with Crippen LogP contribution in [0.3, 0.4) is 0 Å². The van der Waals surface area contributed by atoms with E-state index in [9.17, 15) is 47.9 Å². The molecule has 2 aromatic carbocycles. The van der Waals surface area contributed by atoms with Crippen LogP contribution in [0.1, 0.15) is 23.2 Å². The van der Waals surface area contributed by atoms with Crippen molar-refractivity contribution in [1.82, 2.24) is 9.71 Å². The first-order valence-electron chi connectivity index (χ1n) is 11.4. The zero-order chi connectivity index (χ0) is 31.3. The van der Waals surface area contributed by atoms with Gasteiger partial charge in [0, 0.05) is 32.2 Å². The van der Waals surface area contributed by atoms with E-state index in [1.165, 1.54) is 54.2 Å². The number of alkyl halides is 9. The maximum absolute atomic E-state index is 14.1. The van der Waals surface area contributed by atoms with Crippen LogP contribution in [0.5, 0.6) is 0 Å². The summed E-state index contributed by atoms with van der Waals surface area (Å²) in [7, 11) is -2.84. The predicted molar refractivity (Wildman–Crippen MR) is 134 cm³/mol. The Labute approximate surface area is 230 Å². The van der Waals surface area contributed by atoms with Crippen molar-refractivity contribution in [3.63, 3.8) is 0 Å². The number of rotatable bonds is 9. The Balaban J connectivity index is 0.000000553. The number of pyridine rings is 1. The normalized spacial score (nSPS) is 14.4. The highest BCUT2D eigenvalue weighted by Crippen LogP contribution is 2.54. The molecule has 0 aliphatic heterocycles. The van der Waals surface area contributed by atoms with Gasteiger partial charge < -0.3 is 10.6 Å². The van der Waals surface area contributed by atoms with E-state index in [-0.39, 0.29) is 11.1 Å². The molecule has 0 saturated heterocycles. The predicted octanol–water partition coefficient (Wildman–Crippen LogP) is 5.92. The molecule has 0 spiro atoms. The van der Waals surface area contributed by atoms with Gasteiger partial charge in [-0.15, -0.1) is 0 Å². The Bertz CT molecular complexity index is 1340. The molecule has 1 heterocycles. The maximum atomic E-state index is 14.1. The number of benzene rings is 2. The molecule has 0 amide bonds. The molecular weight excluding hydrogens is 591 g/mol. The summed E-state index contributed by atoms with van der Waals surface area (Å²) in [5, 5.41) is -6.87. The summed E-state index contributed by atoms with van der Waals surface area (Å²) in [5.41, 5.74) is 7.06. The van der Waals surface area contributed by atoms with Gasteiger partial charge in [-0.3, -0.25) is 4.98 Å². The fourth-order valence-corrected chi connectivity index (χ4v) is 4.52. The molecule has 0 aliphatic carbocycles. The van der Waals surface area contributed by atoms with Crippen molar-refractivity contribution in [2.75, 3.05) is 19.0 Å². The Morgan fingerprint density at radius 2 is 1.17 bits per heavy atom. The lowest BCUT2D eigenvalue weighted by molar-refractivity contribution is -0.382. The van der Waals surface area contributed by atoms with Gasteiger partial charge in [-0.25, -0.2) is 13.1 Å². The summed E-state index contributed by atoms with van der Waals surface area (Å²) in [6.07, 6.45) is -3.58. The fourth-order valence-electron chi connectivity index (χ4n) is 3.29. The molecule has 226 valence electrons. The SMILES string of the molecule is CN(C)c1ccncc1.N[C@@H](c1ccccc1)[C@@H](NS(=O)(=O)C(F)(F)C(F)(F)C(F)(F)C(F)(F)F)c1ccccc1. The number of anilines is 1. The van der Waals surface area contributed by atoms with E-state index < -0.39 is 45.4 Å². The van der Waals surface area contributed by atoms with Gasteiger partial charge in [0.05, 0.1) is 12.1 Å². The highest BCUT2D eigenvalue weighted by Gasteiger charge is 2.85. The summed E-state index contributed by atoms with van der Waals surface area (Å²) < 4.78 is 144. The van der Waals surface area contributed by atoms with E-state index in [4.69, 9.17) is 5.73 Å². The molecule has 1 aromatic heterocycles. The van der Waals surface area contributed by atoms with Crippen molar-refractivity contribution in [2.24, 2.45) is 5.73 Å². The summed E-state index contributed by atoms with van der Waals surface area (Å²) in [6.45, 7) is 0. The van der Waals surface area contributed by atoms with E-state index in [1.807, 2.05) is 31.1 Å². The Morgan fingerprint density at radius 3 is 1.56 bits per heavy atom. The van der Waals surface area contributed by atoms with Crippen LogP contribution in [0.2, 0.25) is 0 Å². The quantitative estimate of drug-likeness (QED) is 0.292. The van der Waals surface area contributed by atoms with Crippen LogP contribution >= 0.6 is 0 Å². The molecular formula is C25H25F9N4O2S. The number of nitrogens with two attached hydrogens (primary N) is 1. The third-order valence-corrected chi connectivity index (χ3v) is 7.11. The minimum absolute atomic E-state index is 0.125. The number of nitrogens with zero attached hydrogens (tertiary/aromatic N) is 2. The minimum Gasteiger partial charge on any atom is -0.378 e. The topological polar surface area (TPSA) is 88.3 Å². The second kappa shape index (κ2) is 12.7. The molecule has 16 heteroatoms. The zero-order valence-electron chi connectivity index (χ0n) is 21.3. The van der Waals surface area contributed by atoms with E-state index in [2.05, 4.69) is 4.98 Å². The van der Waals surface area contributed by atoms with Crippen LogP contribution in [-0.4, -0.2) is 50.8 Å². The van der Waals surface area contributed by atoms with Crippen LogP contribution in [0.4, 0.5) is 45.2 Å². The molecule has 6 nitrogen and oxygen atoms in total. The van der Waals surface area contributed by atoms with Crippen molar-refractivity contribution in [2.45, 2.75) is 35.4 Å². The number of halogens is 9. The van der Waals surface area contributed by atoms with E-state index in [0.717, 1.165) is 16.9 Å². The molecule has 0 radical (unpaired) electrons. The van der Waals surface area contributed by atoms with Gasteiger partial charge in [0.25, 0.3) is 10.0 Å². The minimum atomic E-state index is -7.36. The first-order valence-corrected chi connectivity index (χ1v) is 12.9. The van der Waals surface area contributed by atoms with Crippen LogP contribution in [0.15, 0.2) is 85.2 Å². The smallest absolute Gasteiger partial charge is 0.378 e. The molecule has 0 aliphatic rings. The second-order valence-electron chi connectivity index (χ2n) is 8.71. The first-order chi connectivity index (χ1) is 18.8. The Hall–Kier alpha value is -3.37. The standard InChI is InChI=1S/C18H15F9N2O2S.C7H10N2/c19-15(20,17(23,24)25)16(21,22)18(26,27)32(30,31)29-14(12-9-5-2-6-10-12)13(28)11-7-3-1-4-8-11;1-9(2)7-3-5-8-6-4-7/h1-10,13-14,29H,28H2;3-6H,1-2H3/t13-,14-;/m0./s1. The third-order valence-electron chi connectivity index (χ3n) is 5.62. The van der Waals surface area contributed by atoms with Crippen LogP contribution < -0.4 is 15.4 Å². The highest BCUT2D eigenvalue weighted by molar-refractivity contribution is 7.90. The lowest BCUT2D eigenvalue weighted by Crippen LogP contribution is -2.65. The summed E-state index contributed by atoms with van der Waals surface area (Å²) in [4.78, 5) is 5.94. The van der Waals surface area contributed by atoms with Crippen LogP contribution in [0, 0.1) is 0 Å². The fraction of sp³-hybridized carbons (Fsp3) is 0.320. The number of aromatic nitrogens is 1. The Morgan fingerprint density at radius 1 is 0.732 bits per heavy atom. The number of sulfonamides is 1. The second-order valence-corrected chi connectivity index (χ2v) is 10.5. The van der Waals surface area contributed by atoms with Crippen LogP contribution in [0.25, 0.3) is 0 Å². The molecule has 3 rings (SSSR count). The summed E-state index contributed by atoms with van der Waals surface area (Å²) in [5.74, 6) is -14.7. The van der Waals surface area contributed by atoms with Crippen molar-refractivity contribution >= 4 is 15.7 Å². The molecule has 0 bridgehead atoms. The number of nitrogens with one attached hydrogen (secondary N) is 1. The average molecular weight is 617 g/mol. The largest absolute Gasteiger partial charge is 0.460 e. The van der Waals surface area contributed by atoms with E-state index >= 15 is 0 Å².